The van der Waals surface area contributed by atoms with Crippen molar-refractivity contribution >= 4 is 27.0 Å². The fourth-order valence-electron chi connectivity index (χ4n) is 4.14. The summed E-state index contributed by atoms with van der Waals surface area (Å²) >= 11 is 0. The van der Waals surface area contributed by atoms with Gasteiger partial charge in [0.15, 0.2) is 0 Å². The number of sulfonamides is 1. The van der Waals surface area contributed by atoms with Gasteiger partial charge in [-0.25, -0.2) is 8.42 Å². The quantitative estimate of drug-likeness (QED) is 0.505. The van der Waals surface area contributed by atoms with Gasteiger partial charge in [0.05, 0.1) is 23.0 Å². The van der Waals surface area contributed by atoms with Crippen molar-refractivity contribution < 1.29 is 17.9 Å². The van der Waals surface area contributed by atoms with E-state index in [0.29, 0.717) is 41.7 Å². The van der Waals surface area contributed by atoms with Gasteiger partial charge in [0, 0.05) is 31.2 Å². The van der Waals surface area contributed by atoms with Gasteiger partial charge in [-0.05, 0) is 62.2 Å². The Hall–Kier alpha value is -3.44. The van der Waals surface area contributed by atoms with Crippen LogP contribution in [0.4, 0.5) is 0 Å². The van der Waals surface area contributed by atoms with E-state index in [9.17, 15) is 22.8 Å². The molecule has 3 aromatic rings. The number of methoxy groups -OCH3 is 1. The highest BCUT2D eigenvalue weighted by Gasteiger charge is 2.30. The van der Waals surface area contributed by atoms with Gasteiger partial charge in [0.2, 0.25) is 10.0 Å². The van der Waals surface area contributed by atoms with Crippen molar-refractivity contribution in [2.24, 2.45) is 0 Å². The van der Waals surface area contributed by atoms with Gasteiger partial charge in [-0.15, -0.1) is 0 Å². The third-order valence-electron chi connectivity index (χ3n) is 6.04. The first kappa shape index (κ1) is 23.7. The molecule has 180 valence electrons. The van der Waals surface area contributed by atoms with E-state index in [0.717, 1.165) is 0 Å². The van der Waals surface area contributed by atoms with Crippen LogP contribution in [0.25, 0.3) is 11.0 Å². The van der Waals surface area contributed by atoms with E-state index >= 15 is 0 Å². The first-order chi connectivity index (χ1) is 16.2. The number of amides is 1. The van der Waals surface area contributed by atoms with Crippen molar-refractivity contribution in [1.29, 1.82) is 0 Å². The number of hydrogen-bond donors (Lipinski definition) is 2. The molecule has 2 heterocycles. The Kier molecular flexibility index (Phi) is 6.58. The number of hydrogen-bond acceptors (Lipinski definition) is 6. The number of aromatic nitrogens is 2. The minimum absolute atomic E-state index is 0.186. The predicted molar refractivity (Wildman–Crippen MR) is 127 cm³/mol. The number of nitrogens with zero attached hydrogens (tertiary/aromatic N) is 2. The number of benzene rings is 2. The van der Waals surface area contributed by atoms with Crippen molar-refractivity contribution in [3.05, 3.63) is 68.7 Å². The Balaban J connectivity index is 1.43. The number of aryl methyl sites for hydroxylation is 1. The van der Waals surface area contributed by atoms with Gasteiger partial charge in [0.1, 0.15) is 5.75 Å². The molecule has 0 atom stereocenters. The first-order valence-corrected chi connectivity index (χ1v) is 12.4. The molecular formula is C23H26N4O6S. The largest absolute Gasteiger partial charge is 0.497 e. The zero-order valence-electron chi connectivity index (χ0n) is 18.9. The van der Waals surface area contributed by atoms with E-state index in [1.165, 1.54) is 28.1 Å². The third kappa shape index (κ3) is 4.48. The van der Waals surface area contributed by atoms with Crippen LogP contribution in [0.5, 0.6) is 5.75 Å². The summed E-state index contributed by atoms with van der Waals surface area (Å²) in [6.07, 6.45) is 0.946. The highest BCUT2D eigenvalue weighted by atomic mass is 32.2. The summed E-state index contributed by atoms with van der Waals surface area (Å²) < 4.78 is 33.7. The number of ether oxygens (including phenoxy) is 1. The van der Waals surface area contributed by atoms with Crippen LogP contribution in [0.3, 0.4) is 0 Å². The van der Waals surface area contributed by atoms with Gasteiger partial charge < -0.3 is 19.6 Å². The first-order valence-electron chi connectivity index (χ1n) is 11.0. The Morgan fingerprint density at radius 1 is 1.12 bits per heavy atom. The number of carbonyl (C=O) groups excluding carboxylic acids is 1. The molecule has 1 fully saturated rings. The molecule has 10 nitrogen and oxygen atoms in total. The van der Waals surface area contributed by atoms with Crippen molar-refractivity contribution in [3.63, 3.8) is 0 Å². The summed E-state index contributed by atoms with van der Waals surface area (Å²) in [5.41, 5.74) is -0.0844. The molecule has 0 spiro atoms. The van der Waals surface area contributed by atoms with Crippen molar-refractivity contribution in [1.82, 2.24) is 19.2 Å². The van der Waals surface area contributed by atoms with Crippen LogP contribution in [-0.4, -0.2) is 54.4 Å². The molecule has 1 amide bonds. The zero-order chi connectivity index (χ0) is 24.5. The van der Waals surface area contributed by atoms with E-state index in [1.54, 1.807) is 37.3 Å². The molecule has 1 saturated heterocycles. The molecule has 0 bridgehead atoms. The van der Waals surface area contributed by atoms with E-state index in [-0.39, 0.29) is 29.9 Å². The second-order valence-electron chi connectivity index (χ2n) is 8.06. The van der Waals surface area contributed by atoms with Crippen LogP contribution < -0.4 is 21.2 Å². The van der Waals surface area contributed by atoms with Gasteiger partial charge in [-0.3, -0.25) is 14.4 Å². The summed E-state index contributed by atoms with van der Waals surface area (Å²) in [6.45, 7) is 2.67. The molecule has 0 radical (unpaired) electrons. The lowest BCUT2D eigenvalue weighted by Gasteiger charge is -2.31. The Morgan fingerprint density at radius 3 is 2.41 bits per heavy atom. The Morgan fingerprint density at radius 2 is 1.79 bits per heavy atom. The SMILES string of the molecule is CCn1c(=O)c(=O)[nH]c2cc(C(=O)NC3CCN(S(=O)(=O)c4ccc(OC)cc4)CC3)ccc21. The van der Waals surface area contributed by atoms with Crippen molar-refractivity contribution in [2.45, 2.75) is 37.2 Å². The molecule has 11 heteroatoms. The maximum Gasteiger partial charge on any atom is 0.316 e. The fourth-order valence-corrected chi connectivity index (χ4v) is 5.61. The highest BCUT2D eigenvalue weighted by Crippen LogP contribution is 2.23. The molecule has 1 aliphatic rings. The van der Waals surface area contributed by atoms with E-state index in [1.807, 2.05) is 0 Å². The van der Waals surface area contributed by atoms with Crippen LogP contribution in [-0.2, 0) is 16.6 Å². The highest BCUT2D eigenvalue weighted by molar-refractivity contribution is 7.89. The number of fused-ring (bicyclic) bond motifs is 1. The molecule has 2 N–H and O–H groups in total. The molecule has 0 unspecified atom stereocenters. The van der Waals surface area contributed by atoms with Crippen LogP contribution in [0.1, 0.15) is 30.1 Å². The van der Waals surface area contributed by atoms with Crippen LogP contribution in [0, 0.1) is 0 Å². The van der Waals surface area contributed by atoms with Gasteiger partial charge in [-0.1, -0.05) is 0 Å². The van der Waals surface area contributed by atoms with Gasteiger partial charge in [-0.2, -0.15) is 4.31 Å². The monoisotopic (exact) mass is 486 g/mol. The van der Waals surface area contributed by atoms with E-state index in [4.69, 9.17) is 4.74 Å². The number of carbonyl (C=O) groups is 1. The molecule has 1 aromatic heterocycles. The third-order valence-corrected chi connectivity index (χ3v) is 7.95. The number of piperidine rings is 1. The van der Waals surface area contributed by atoms with Crippen molar-refractivity contribution in [2.75, 3.05) is 20.2 Å². The van der Waals surface area contributed by atoms with Crippen LogP contribution in [0.2, 0.25) is 0 Å². The van der Waals surface area contributed by atoms with E-state index < -0.39 is 21.1 Å². The normalized spacial score (nSPS) is 15.4. The summed E-state index contributed by atoms with van der Waals surface area (Å²) in [5.74, 6) is 0.254. The van der Waals surface area contributed by atoms with Crippen LogP contribution >= 0.6 is 0 Å². The molecular weight excluding hydrogens is 460 g/mol. The standard InChI is InChI=1S/C23H26N4O6S/c1-3-27-20-9-4-15(14-19(20)25-22(29)23(27)30)21(28)24-16-10-12-26(13-11-16)34(31,32)18-7-5-17(33-2)6-8-18/h4-9,14,16H,3,10-13H2,1-2H3,(H,24,28)(H,25,29). The molecule has 0 aliphatic carbocycles. The number of nitrogens with one attached hydrogen (secondary N) is 2. The molecule has 1 aliphatic heterocycles. The predicted octanol–water partition coefficient (Wildman–Crippen LogP) is 1.30. The molecule has 4 rings (SSSR count). The summed E-state index contributed by atoms with van der Waals surface area (Å²) in [4.78, 5) is 39.4. The minimum Gasteiger partial charge on any atom is -0.497 e. The Bertz CT molecular complexity index is 1440. The lowest BCUT2D eigenvalue weighted by molar-refractivity contribution is 0.0924. The topological polar surface area (TPSA) is 131 Å². The average molecular weight is 487 g/mol. The molecule has 2 aromatic carbocycles. The molecule has 0 saturated carbocycles. The lowest BCUT2D eigenvalue weighted by Crippen LogP contribution is -2.46. The van der Waals surface area contributed by atoms with Crippen LogP contribution in [0.15, 0.2) is 56.9 Å². The van der Waals surface area contributed by atoms with Crippen molar-refractivity contribution in [3.8, 4) is 5.75 Å². The smallest absolute Gasteiger partial charge is 0.316 e. The number of aromatic amines is 1. The minimum atomic E-state index is -3.63. The second-order valence-corrected chi connectivity index (χ2v) is 10.0. The fraction of sp³-hybridized carbons (Fsp3) is 0.348. The van der Waals surface area contributed by atoms with E-state index in [2.05, 4.69) is 10.3 Å². The number of H-pyrrole nitrogens is 1. The molecule has 34 heavy (non-hydrogen) atoms. The van der Waals surface area contributed by atoms with Gasteiger partial charge >= 0.3 is 11.1 Å². The van der Waals surface area contributed by atoms with Gasteiger partial charge in [0.25, 0.3) is 5.91 Å². The lowest BCUT2D eigenvalue weighted by atomic mass is 10.1. The zero-order valence-corrected chi connectivity index (χ0v) is 19.7. The second kappa shape index (κ2) is 9.43. The summed E-state index contributed by atoms with van der Waals surface area (Å²) in [7, 11) is -2.11. The maximum atomic E-state index is 12.9. The summed E-state index contributed by atoms with van der Waals surface area (Å²) in [5, 5.41) is 2.94. The number of rotatable bonds is 6. The summed E-state index contributed by atoms with van der Waals surface area (Å²) in [6, 6.07) is 10.8. The Labute approximate surface area is 196 Å². The maximum absolute atomic E-state index is 12.9. The average Bonchev–Trinajstić information content (AvgIpc) is 2.85.